The predicted octanol–water partition coefficient (Wildman–Crippen LogP) is 5.60. The van der Waals surface area contributed by atoms with Crippen molar-refractivity contribution in [2.45, 2.75) is 52.0 Å². The summed E-state index contributed by atoms with van der Waals surface area (Å²) in [5.41, 5.74) is 5.63. The molecule has 3 aromatic rings. The monoisotopic (exact) mass is 389 g/mol. The predicted molar refractivity (Wildman–Crippen MR) is 121 cm³/mol. The van der Waals surface area contributed by atoms with Crippen molar-refractivity contribution in [1.82, 2.24) is 9.88 Å². The molecule has 0 unspecified atom stereocenters. The normalized spacial score (nSPS) is 14.4. The molecule has 1 amide bonds. The molecule has 0 saturated heterocycles. The molecule has 2 N–H and O–H groups in total. The minimum absolute atomic E-state index is 0.194. The Hall–Kier alpha value is -2.75. The molecule has 152 valence electrons. The Bertz CT molecular complexity index is 966. The highest BCUT2D eigenvalue weighted by Gasteiger charge is 2.18. The molecule has 2 aromatic carbocycles. The Morgan fingerprint density at radius 3 is 2.48 bits per heavy atom. The molecular weight excluding hydrogens is 358 g/mol. The van der Waals surface area contributed by atoms with Gasteiger partial charge in [0.15, 0.2) is 0 Å². The number of nitrogens with zero attached hydrogens (tertiary/aromatic N) is 1. The van der Waals surface area contributed by atoms with Crippen LogP contribution in [0.25, 0.3) is 22.2 Å². The quantitative estimate of drug-likeness (QED) is 0.552. The zero-order chi connectivity index (χ0) is 20.2. The SMILES string of the molecule is CCN(CC)C(=O)Cc1cc(NC2CCCC2)c2[nH]c(-c3ccccc3)cc2c1. The first kappa shape index (κ1) is 19.6. The molecule has 1 aromatic heterocycles. The van der Waals surface area contributed by atoms with Crippen LogP contribution in [0.15, 0.2) is 48.5 Å². The van der Waals surface area contributed by atoms with Gasteiger partial charge in [0.25, 0.3) is 0 Å². The summed E-state index contributed by atoms with van der Waals surface area (Å²) in [6.45, 7) is 5.59. The molecule has 1 saturated carbocycles. The first-order valence-corrected chi connectivity index (χ1v) is 10.9. The van der Waals surface area contributed by atoms with Gasteiger partial charge in [0, 0.05) is 30.2 Å². The largest absolute Gasteiger partial charge is 0.381 e. The lowest BCUT2D eigenvalue weighted by atomic mass is 10.1. The number of amides is 1. The number of aromatic amines is 1. The summed E-state index contributed by atoms with van der Waals surface area (Å²) in [7, 11) is 0. The van der Waals surface area contributed by atoms with E-state index in [4.69, 9.17) is 0 Å². The summed E-state index contributed by atoms with van der Waals surface area (Å²) in [5, 5.41) is 4.92. The highest BCUT2D eigenvalue weighted by atomic mass is 16.2. The lowest BCUT2D eigenvalue weighted by Gasteiger charge is -2.19. The van der Waals surface area contributed by atoms with E-state index in [0.29, 0.717) is 12.5 Å². The van der Waals surface area contributed by atoms with Crippen LogP contribution >= 0.6 is 0 Å². The van der Waals surface area contributed by atoms with Crippen molar-refractivity contribution < 1.29 is 4.79 Å². The number of rotatable bonds is 7. The molecule has 0 atom stereocenters. The number of likely N-dealkylation sites (N-methyl/N-ethyl adjacent to an activating group) is 1. The van der Waals surface area contributed by atoms with E-state index < -0.39 is 0 Å². The van der Waals surface area contributed by atoms with Crippen molar-refractivity contribution >= 4 is 22.5 Å². The molecule has 4 rings (SSSR count). The second-order valence-corrected chi connectivity index (χ2v) is 8.03. The van der Waals surface area contributed by atoms with Crippen LogP contribution in [0.5, 0.6) is 0 Å². The summed E-state index contributed by atoms with van der Waals surface area (Å²) < 4.78 is 0. The van der Waals surface area contributed by atoms with Gasteiger partial charge in [0.05, 0.1) is 17.6 Å². The second kappa shape index (κ2) is 8.73. The van der Waals surface area contributed by atoms with Crippen LogP contribution in [0.1, 0.15) is 45.1 Å². The van der Waals surface area contributed by atoms with Crippen LogP contribution in [0.4, 0.5) is 5.69 Å². The van der Waals surface area contributed by atoms with Crippen molar-refractivity contribution in [1.29, 1.82) is 0 Å². The van der Waals surface area contributed by atoms with Crippen molar-refractivity contribution in [3.05, 3.63) is 54.1 Å². The Balaban J connectivity index is 1.71. The molecule has 29 heavy (non-hydrogen) atoms. The number of fused-ring (bicyclic) bond motifs is 1. The minimum Gasteiger partial charge on any atom is -0.381 e. The number of benzene rings is 2. The van der Waals surface area contributed by atoms with Gasteiger partial charge >= 0.3 is 0 Å². The van der Waals surface area contributed by atoms with Crippen molar-refractivity contribution in [2.24, 2.45) is 0 Å². The fraction of sp³-hybridized carbons (Fsp3) is 0.400. The summed E-state index contributed by atoms with van der Waals surface area (Å²) >= 11 is 0. The first-order chi connectivity index (χ1) is 14.2. The molecule has 0 aliphatic heterocycles. The fourth-order valence-corrected chi connectivity index (χ4v) is 4.45. The molecule has 1 heterocycles. The van der Waals surface area contributed by atoms with Crippen molar-refractivity contribution in [3.63, 3.8) is 0 Å². The molecule has 4 nitrogen and oxygen atoms in total. The Morgan fingerprint density at radius 1 is 1.07 bits per heavy atom. The highest BCUT2D eigenvalue weighted by Crippen LogP contribution is 2.32. The van der Waals surface area contributed by atoms with Crippen molar-refractivity contribution in [2.75, 3.05) is 18.4 Å². The number of H-pyrrole nitrogens is 1. The highest BCUT2D eigenvalue weighted by molar-refractivity contribution is 5.96. The van der Waals surface area contributed by atoms with E-state index in [9.17, 15) is 4.79 Å². The van der Waals surface area contributed by atoms with Gasteiger partial charge in [-0.05, 0) is 56.0 Å². The summed E-state index contributed by atoms with van der Waals surface area (Å²) in [6.07, 6.45) is 5.47. The lowest BCUT2D eigenvalue weighted by Crippen LogP contribution is -2.31. The van der Waals surface area contributed by atoms with Gasteiger partial charge in [-0.2, -0.15) is 0 Å². The first-order valence-electron chi connectivity index (χ1n) is 10.9. The van der Waals surface area contributed by atoms with E-state index in [2.05, 4.69) is 52.8 Å². The Morgan fingerprint density at radius 2 is 1.79 bits per heavy atom. The van der Waals surface area contributed by atoms with Gasteiger partial charge < -0.3 is 15.2 Å². The third-order valence-corrected chi connectivity index (χ3v) is 6.06. The van der Waals surface area contributed by atoms with E-state index >= 15 is 0 Å². The average molecular weight is 390 g/mol. The number of hydrogen-bond acceptors (Lipinski definition) is 2. The standard InChI is InChI=1S/C25H31N3O/c1-3-28(4-2)24(29)16-18-14-20-17-22(19-10-6-5-7-11-19)27-25(20)23(15-18)26-21-12-8-9-13-21/h5-7,10-11,14-15,17,21,26-27H,3-4,8-9,12-13,16H2,1-2H3. The molecular formula is C25H31N3O. The zero-order valence-corrected chi connectivity index (χ0v) is 17.5. The van der Waals surface area contributed by atoms with E-state index in [1.165, 1.54) is 31.2 Å². The molecule has 4 heteroatoms. The van der Waals surface area contributed by atoms with E-state index in [1.54, 1.807) is 0 Å². The van der Waals surface area contributed by atoms with Crippen LogP contribution in [0.2, 0.25) is 0 Å². The van der Waals surface area contributed by atoms with Crippen LogP contribution < -0.4 is 5.32 Å². The molecule has 0 radical (unpaired) electrons. The van der Waals surface area contributed by atoms with Gasteiger partial charge in [-0.3, -0.25) is 4.79 Å². The van der Waals surface area contributed by atoms with Gasteiger partial charge in [-0.1, -0.05) is 43.2 Å². The van der Waals surface area contributed by atoms with Gasteiger partial charge in [0.2, 0.25) is 5.91 Å². The maximum atomic E-state index is 12.7. The topological polar surface area (TPSA) is 48.1 Å². The Labute approximate surface area is 173 Å². The maximum Gasteiger partial charge on any atom is 0.226 e. The lowest BCUT2D eigenvalue weighted by molar-refractivity contribution is -0.130. The molecule has 1 aliphatic rings. The van der Waals surface area contributed by atoms with Crippen molar-refractivity contribution in [3.8, 4) is 11.3 Å². The fourth-order valence-electron chi connectivity index (χ4n) is 4.45. The van der Waals surface area contributed by atoms with Crippen LogP contribution in [0.3, 0.4) is 0 Å². The Kier molecular flexibility index (Phi) is 5.89. The summed E-state index contributed by atoms with van der Waals surface area (Å²) in [5.74, 6) is 0.194. The number of nitrogens with one attached hydrogen (secondary N) is 2. The molecule has 1 aliphatic carbocycles. The smallest absolute Gasteiger partial charge is 0.226 e. The van der Waals surface area contributed by atoms with E-state index in [-0.39, 0.29) is 5.91 Å². The number of carbonyl (C=O) groups excluding carboxylic acids is 1. The number of hydrogen-bond donors (Lipinski definition) is 2. The van der Waals surface area contributed by atoms with Crippen LogP contribution in [-0.2, 0) is 11.2 Å². The van der Waals surface area contributed by atoms with Gasteiger partial charge in [0.1, 0.15) is 0 Å². The molecule has 0 spiro atoms. The number of aromatic nitrogens is 1. The third kappa shape index (κ3) is 4.31. The summed E-state index contributed by atoms with van der Waals surface area (Å²) in [4.78, 5) is 18.2. The van der Waals surface area contributed by atoms with Gasteiger partial charge in [-0.25, -0.2) is 0 Å². The number of anilines is 1. The van der Waals surface area contributed by atoms with Crippen LogP contribution in [-0.4, -0.2) is 34.9 Å². The minimum atomic E-state index is 0.194. The zero-order valence-electron chi connectivity index (χ0n) is 17.5. The average Bonchev–Trinajstić information content (AvgIpc) is 3.39. The molecule has 1 fully saturated rings. The van der Waals surface area contributed by atoms with Crippen LogP contribution in [0, 0.1) is 0 Å². The second-order valence-electron chi connectivity index (χ2n) is 8.03. The maximum absolute atomic E-state index is 12.7. The van der Waals surface area contributed by atoms with E-state index in [1.807, 2.05) is 24.8 Å². The van der Waals surface area contributed by atoms with E-state index in [0.717, 1.165) is 40.9 Å². The third-order valence-electron chi connectivity index (χ3n) is 6.06. The summed E-state index contributed by atoms with van der Waals surface area (Å²) in [6, 6.07) is 17.5. The number of carbonyl (C=O) groups is 1. The van der Waals surface area contributed by atoms with Gasteiger partial charge in [-0.15, -0.1) is 0 Å². The molecule has 0 bridgehead atoms.